The van der Waals surface area contributed by atoms with Crippen molar-refractivity contribution in [2.24, 2.45) is 0 Å². The lowest BCUT2D eigenvalue weighted by molar-refractivity contribution is 0.112. The van der Waals surface area contributed by atoms with Crippen LogP contribution < -0.4 is 0 Å². The molecule has 2 rings (SSSR count). The van der Waals surface area contributed by atoms with E-state index in [9.17, 15) is 9.18 Å². The monoisotopic (exact) mass is 225 g/mol. The lowest BCUT2D eigenvalue weighted by Gasteiger charge is -2.04. The van der Waals surface area contributed by atoms with Crippen LogP contribution in [0.4, 0.5) is 4.39 Å². The molecule has 0 unspecified atom stereocenters. The molecule has 0 aliphatic rings. The summed E-state index contributed by atoms with van der Waals surface area (Å²) in [6.07, 6.45) is 0.673. The van der Waals surface area contributed by atoms with Crippen LogP contribution in [-0.2, 0) is 0 Å². The molecular weight excluding hydrogens is 217 g/mol. The van der Waals surface area contributed by atoms with E-state index in [1.54, 1.807) is 24.3 Å². The first kappa shape index (κ1) is 11.0. The van der Waals surface area contributed by atoms with Gasteiger partial charge in [0.15, 0.2) is 0 Å². The van der Waals surface area contributed by atoms with Crippen LogP contribution in [0.5, 0.6) is 0 Å². The van der Waals surface area contributed by atoms with Crippen molar-refractivity contribution >= 4 is 6.29 Å². The molecule has 0 fully saturated rings. The fourth-order valence-electron chi connectivity index (χ4n) is 1.56. The molecule has 0 aliphatic carbocycles. The summed E-state index contributed by atoms with van der Waals surface area (Å²) in [5.74, 6) is -0.389. The van der Waals surface area contributed by atoms with Crippen LogP contribution in [0.2, 0.25) is 0 Å². The number of carbonyl (C=O) groups excluding carboxylic acids is 1. The Labute approximate surface area is 97.9 Å². The molecule has 0 radical (unpaired) electrons. The normalized spacial score (nSPS) is 9.65. The van der Waals surface area contributed by atoms with Crippen molar-refractivity contribution in [1.29, 1.82) is 5.26 Å². The lowest BCUT2D eigenvalue weighted by Crippen LogP contribution is -1.88. The summed E-state index contributed by atoms with van der Waals surface area (Å²) < 4.78 is 13.6. The van der Waals surface area contributed by atoms with E-state index in [-0.39, 0.29) is 5.82 Å². The zero-order valence-corrected chi connectivity index (χ0v) is 8.85. The Bertz CT molecular complexity index is 597. The van der Waals surface area contributed by atoms with E-state index < -0.39 is 0 Å². The second-order valence-corrected chi connectivity index (χ2v) is 3.55. The minimum atomic E-state index is -0.389. The highest BCUT2D eigenvalue weighted by atomic mass is 19.1. The van der Waals surface area contributed by atoms with Crippen LogP contribution in [0.15, 0.2) is 42.5 Å². The molecule has 3 heteroatoms. The number of hydrogen-bond donors (Lipinski definition) is 0. The van der Waals surface area contributed by atoms with Crippen LogP contribution in [-0.4, -0.2) is 6.29 Å². The first-order chi connectivity index (χ1) is 8.24. The fraction of sp³-hybridized carbons (Fsp3) is 0. The molecule has 0 N–H and O–H groups in total. The van der Waals surface area contributed by atoms with Gasteiger partial charge in [0.1, 0.15) is 12.1 Å². The minimum Gasteiger partial charge on any atom is -0.298 e. The van der Waals surface area contributed by atoms with E-state index in [0.29, 0.717) is 28.5 Å². The highest BCUT2D eigenvalue weighted by Gasteiger charge is 2.06. The first-order valence-electron chi connectivity index (χ1n) is 5.00. The van der Waals surface area contributed by atoms with E-state index in [1.165, 1.54) is 18.2 Å². The Morgan fingerprint density at radius 2 is 1.82 bits per heavy atom. The number of carbonyl (C=O) groups is 1. The molecule has 0 spiro atoms. The van der Waals surface area contributed by atoms with Gasteiger partial charge in [-0.05, 0) is 35.9 Å². The summed E-state index contributed by atoms with van der Waals surface area (Å²) in [5.41, 5.74) is 1.94. The highest BCUT2D eigenvalue weighted by molar-refractivity contribution is 5.79. The Morgan fingerprint density at radius 1 is 1.12 bits per heavy atom. The van der Waals surface area contributed by atoms with Crippen molar-refractivity contribution in [1.82, 2.24) is 0 Å². The number of rotatable bonds is 2. The summed E-state index contributed by atoms with van der Waals surface area (Å²) in [6, 6.07) is 12.7. The van der Waals surface area contributed by atoms with Gasteiger partial charge in [-0.3, -0.25) is 4.79 Å². The van der Waals surface area contributed by atoms with Crippen LogP contribution >= 0.6 is 0 Å². The Hall–Kier alpha value is -2.47. The van der Waals surface area contributed by atoms with Crippen LogP contribution in [0.3, 0.4) is 0 Å². The smallest absolute Gasteiger partial charge is 0.150 e. The Morgan fingerprint density at radius 3 is 2.41 bits per heavy atom. The maximum atomic E-state index is 13.6. The fourth-order valence-corrected chi connectivity index (χ4v) is 1.56. The first-order valence-corrected chi connectivity index (χ1v) is 5.00. The molecule has 0 amide bonds. The summed E-state index contributed by atoms with van der Waals surface area (Å²) in [7, 11) is 0. The molecule has 0 saturated heterocycles. The van der Waals surface area contributed by atoms with Gasteiger partial charge in [0, 0.05) is 11.1 Å². The second kappa shape index (κ2) is 4.58. The molecule has 0 atom stereocenters. The third kappa shape index (κ3) is 2.21. The number of nitriles is 1. The SMILES string of the molecule is N#Cc1ccc(-c2cc(C=O)ccc2F)cc1. The third-order valence-electron chi connectivity index (χ3n) is 2.45. The van der Waals surface area contributed by atoms with E-state index >= 15 is 0 Å². The zero-order valence-electron chi connectivity index (χ0n) is 8.85. The molecule has 0 aliphatic heterocycles. The van der Waals surface area contributed by atoms with Crippen molar-refractivity contribution in [3.8, 4) is 17.2 Å². The van der Waals surface area contributed by atoms with Crippen LogP contribution in [0.1, 0.15) is 15.9 Å². The number of hydrogen-bond acceptors (Lipinski definition) is 2. The predicted molar refractivity (Wildman–Crippen MR) is 61.9 cm³/mol. The average molecular weight is 225 g/mol. The molecule has 0 bridgehead atoms. The third-order valence-corrected chi connectivity index (χ3v) is 2.45. The summed E-state index contributed by atoms with van der Waals surface area (Å²) >= 11 is 0. The van der Waals surface area contributed by atoms with Crippen molar-refractivity contribution in [3.05, 3.63) is 59.4 Å². The molecule has 0 heterocycles. The predicted octanol–water partition coefficient (Wildman–Crippen LogP) is 3.18. The Balaban J connectivity index is 2.51. The lowest BCUT2D eigenvalue weighted by atomic mass is 10.0. The Kier molecular flexibility index (Phi) is 2.97. The van der Waals surface area contributed by atoms with Gasteiger partial charge in [-0.15, -0.1) is 0 Å². The van der Waals surface area contributed by atoms with E-state index in [2.05, 4.69) is 0 Å². The zero-order chi connectivity index (χ0) is 12.3. The van der Waals surface area contributed by atoms with Gasteiger partial charge in [-0.2, -0.15) is 5.26 Å². The number of nitrogens with zero attached hydrogens (tertiary/aromatic N) is 1. The van der Waals surface area contributed by atoms with Crippen molar-refractivity contribution in [2.45, 2.75) is 0 Å². The summed E-state index contributed by atoms with van der Waals surface area (Å²) in [5, 5.41) is 8.67. The van der Waals surface area contributed by atoms with Gasteiger partial charge < -0.3 is 0 Å². The van der Waals surface area contributed by atoms with Gasteiger partial charge in [-0.25, -0.2) is 4.39 Å². The number of halogens is 1. The second-order valence-electron chi connectivity index (χ2n) is 3.55. The average Bonchev–Trinajstić information content (AvgIpc) is 2.39. The number of benzene rings is 2. The standard InChI is InChI=1S/C14H8FNO/c15-14-6-3-11(9-17)7-13(14)12-4-1-10(8-16)2-5-12/h1-7,9H. The van der Waals surface area contributed by atoms with Crippen molar-refractivity contribution < 1.29 is 9.18 Å². The van der Waals surface area contributed by atoms with Gasteiger partial charge in [0.2, 0.25) is 0 Å². The van der Waals surface area contributed by atoms with Crippen LogP contribution in [0, 0.1) is 17.1 Å². The van der Waals surface area contributed by atoms with E-state index in [0.717, 1.165) is 0 Å². The molecular formula is C14H8FNO. The van der Waals surface area contributed by atoms with Gasteiger partial charge in [0.25, 0.3) is 0 Å². The summed E-state index contributed by atoms with van der Waals surface area (Å²) in [4.78, 5) is 10.6. The molecule has 82 valence electrons. The molecule has 0 saturated carbocycles. The molecule has 17 heavy (non-hydrogen) atoms. The van der Waals surface area contributed by atoms with Gasteiger partial charge in [0.05, 0.1) is 11.6 Å². The van der Waals surface area contributed by atoms with E-state index in [1.807, 2.05) is 6.07 Å². The largest absolute Gasteiger partial charge is 0.298 e. The van der Waals surface area contributed by atoms with Crippen molar-refractivity contribution in [3.63, 3.8) is 0 Å². The quantitative estimate of drug-likeness (QED) is 0.736. The maximum Gasteiger partial charge on any atom is 0.150 e. The topological polar surface area (TPSA) is 40.9 Å². The molecule has 0 aromatic heterocycles. The van der Waals surface area contributed by atoms with E-state index in [4.69, 9.17) is 5.26 Å². The maximum absolute atomic E-state index is 13.6. The molecule has 2 nitrogen and oxygen atoms in total. The van der Waals surface area contributed by atoms with Crippen LogP contribution in [0.25, 0.3) is 11.1 Å². The molecule has 2 aromatic rings. The minimum absolute atomic E-state index is 0.360. The highest BCUT2D eigenvalue weighted by Crippen LogP contribution is 2.23. The molecule has 2 aromatic carbocycles. The van der Waals surface area contributed by atoms with Gasteiger partial charge >= 0.3 is 0 Å². The van der Waals surface area contributed by atoms with Gasteiger partial charge in [-0.1, -0.05) is 12.1 Å². The summed E-state index contributed by atoms with van der Waals surface area (Å²) in [6.45, 7) is 0. The van der Waals surface area contributed by atoms with Crippen molar-refractivity contribution in [2.75, 3.05) is 0 Å². The number of aldehydes is 1.